The van der Waals surface area contributed by atoms with Gasteiger partial charge in [-0.05, 0) is 26.8 Å². The van der Waals surface area contributed by atoms with Crippen molar-refractivity contribution in [2.75, 3.05) is 5.88 Å². The second kappa shape index (κ2) is 5.87. The van der Waals surface area contributed by atoms with E-state index in [1.165, 1.54) is 6.92 Å². The number of carbonyl (C=O) groups excluding carboxylic acids is 1. The molecule has 0 heterocycles. The van der Waals surface area contributed by atoms with Gasteiger partial charge in [-0.1, -0.05) is 6.58 Å². The van der Waals surface area contributed by atoms with Crippen LogP contribution in [-0.4, -0.2) is 31.7 Å². The summed E-state index contributed by atoms with van der Waals surface area (Å²) < 4.78 is 28.1. The van der Waals surface area contributed by atoms with Gasteiger partial charge in [-0.15, -0.1) is 0 Å². The zero-order valence-corrected chi connectivity index (χ0v) is 10.0. The topological polar surface area (TPSA) is 72.5 Å². The number of rotatable bonds is 6. The number of carbonyl (C=O) groups is 1. The van der Waals surface area contributed by atoms with Crippen LogP contribution in [0.4, 0.5) is 0 Å². The lowest BCUT2D eigenvalue weighted by molar-refractivity contribution is -0.116. The molecule has 1 N–H and O–H groups in total. The molecule has 0 aliphatic heterocycles. The summed E-state index contributed by atoms with van der Waals surface area (Å²) in [6.07, 6.45) is 0.841. The smallest absolute Gasteiger partial charge is 0.244 e. The van der Waals surface area contributed by atoms with Crippen LogP contribution in [0.5, 0.6) is 0 Å². The Kier molecular flexibility index (Phi) is 5.53. The Morgan fingerprint density at radius 1 is 1.47 bits per heavy atom. The quantitative estimate of drug-likeness (QED) is 0.678. The molecular weight excluding hydrogens is 218 g/mol. The Morgan fingerprint density at radius 3 is 2.40 bits per heavy atom. The third-order valence-electron chi connectivity index (χ3n) is 1.60. The van der Waals surface area contributed by atoms with E-state index in [-0.39, 0.29) is 6.10 Å². The van der Waals surface area contributed by atoms with Gasteiger partial charge in [0, 0.05) is 0 Å². The van der Waals surface area contributed by atoms with Gasteiger partial charge >= 0.3 is 0 Å². The van der Waals surface area contributed by atoms with Gasteiger partial charge in [-0.25, -0.2) is 8.42 Å². The summed E-state index contributed by atoms with van der Waals surface area (Å²) in [5.74, 6) is -0.957. The van der Waals surface area contributed by atoms with Crippen molar-refractivity contribution in [3.63, 3.8) is 0 Å². The van der Waals surface area contributed by atoms with Crippen LogP contribution in [0.1, 0.15) is 20.8 Å². The molecule has 0 aromatic heterocycles. The van der Waals surface area contributed by atoms with Gasteiger partial charge in [0.1, 0.15) is 5.88 Å². The Bertz CT molecular complexity index is 321. The number of nitrogens with one attached hydrogen (secondary N) is 1. The van der Waals surface area contributed by atoms with Crippen molar-refractivity contribution in [3.8, 4) is 0 Å². The maximum absolute atomic E-state index is 11.5. The first-order valence-electron chi connectivity index (χ1n) is 4.57. The highest BCUT2D eigenvalue weighted by atomic mass is 32.2. The Hall–Kier alpha value is -0.880. The van der Waals surface area contributed by atoms with E-state index >= 15 is 0 Å². The summed E-state index contributed by atoms with van der Waals surface area (Å²) in [7, 11) is -3.46. The van der Waals surface area contributed by atoms with E-state index in [1.807, 2.05) is 0 Å². The van der Waals surface area contributed by atoms with Crippen molar-refractivity contribution in [2.24, 2.45) is 0 Å². The van der Waals surface area contributed by atoms with E-state index in [4.69, 9.17) is 4.74 Å². The maximum atomic E-state index is 11.5. The number of sulfone groups is 1. The van der Waals surface area contributed by atoms with E-state index in [1.54, 1.807) is 13.8 Å². The summed E-state index contributed by atoms with van der Waals surface area (Å²) in [6.45, 7) is 8.15. The lowest BCUT2D eigenvalue weighted by Gasteiger charge is -2.16. The molecule has 6 heteroatoms. The third-order valence-corrected chi connectivity index (χ3v) is 3.27. The van der Waals surface area contributed by atoms with Crippen LogP contribution < -0.4 is 5.32 Å². The lowest BCUT2D eigenvalue weighted by Crippen LogP contribution is -2.35. The van der Waals surface area contributed by atoms with Gasteiger partial charge in [0.05, 0.1) is 6.10 Å². The molecule has 15 heavy (non-hydrogen) atoms. The summed E-state index contributed by atoms with van der Waals surface area (Å²) in [5.41, 5.74) is -0.928. The van der Waals surface area contributed by atoms with Crippen LogP contribution in [0.3, 0.4) is 0 Å². The highest BCUT2D eigenvalue weighted by Gasteiger charge is 2.22. The molecule has 0 radical (unpaired) electrons. The van der Waals surface area contributed by atoms with E-state index in [0.717, 1.165) is 6.08 Å². The maximum Gasteiger partial charge on any atom is 0.244 e. The molecule has 0 spiro atoms. The molecule has 1 unspecified atom stereocenters. The van der Waals surface area contributed by atoms with Gasteiger partial charge in [0.2, 0.25) is 5.91 Å². The fourth-order valence-corrected chi connectivity index (χ4v) is 1.80. The zero-order chi connectivity index (χ0) is 12.1. The Morgan fingerprint density at radius 2 is 2.00 bits per heavy atom. The van der Waals surface area contributed by atoms with Crippen LogP contribution in [0.25, 0.3) is 0 Å². The third kappa shape index (κ3) is 5.54. The lowest BCUT2D eigenvalue weighted by atomic mass is 10.5. The van der Waals surface area contributed by atoms with Crippen LogP contribution in [-0.2, 0) is 19.4 Å². The Balaban J connectivity index is 4.29. The average molecular weight is 235 g/mol. The van der Waals surface area contributed by atoms with Crippen LogP contribution in [0.15, 0.2) is 12.7 Å². The largest absolute Gasteiger partial charge is 0.360 e. The molecule has 0 fully saturated rings. The van der Waals surface area contributed by atoms with Crippen molar-refractivity contribution in [1.29, 1.82) is 0 Å². The minimum absolute atomic E-state index is 0.176. The van der Waals surface area contributed by atoms with Crippen molar-refractivity contribution in [3.05, 3.63) is 12.7 Å². The van der Waals surface area contributed by atoms with E-state index in [0.29, 0.717) is 0 Å². The molecule has 0 aliphatic rings. The molecule has 0 aliphatic carbocycles. The minimum Gasteiger partial charge on any atom is -0.360 e. The number of amides is 1. The normalized spacial score (nSPS) is 13.6. The van der Waals surface area contributed by atoms with Gasteiger partial charge in [-0.2, -0.15) is 0 Å². The summed E-state index contributed by atoms with van der Waals surface area (Å²) in [5, 5.41) is 2.20. The molecule has 1 atom stereocenters. The van der Waals surface area contributed by atoms with Crippen molar-refractivity contribution in [2.45, 2.75) is 32.3 Å². The molecule has 1 amide bonds. The van der Waals surface area contributed by atoms with Crippen LogP contribution in [0.2, 0.25) is 0 Å². The summed E-state index contributed by atoms with van der Waals surface area (Å²) >= 11 is 0. The second-order valence-corrected chi connectivity index (χ2v) is 5.58. The number of hydrogen-bond donors (Lipinski definition) is 1. The predicted molar refractivity (Wildman–Crippen MR) is 57.8 cm³/mol. The fourth-order valence-electron chi connectivity index (χ4n) is 0.829. The Labute approximate surface area is 90.4 Å². The first-order chi connectivity index (χ1) is 6.79. The van der Waals surface area contributed by atoms with Crippen molar-refractivity contribution < 1.29 is 17.9 Å². The predicted octanol–water partition coefficient (Wildman–Crippen LogP) is 0.432. The van der Waals surface area contributed by atoms with Gasteiger partial charge < -0.3 is 10.1 Å². The standard InChI is InChI=1S/C9H17NO4S/c1-5-9(11)10-6-15(12,13)8(4)14-7(2)3/h5,7-8H,1,6H2,2-4H3,(H,10,11). The van der Waals surface area contributed by atoms with E-state index in [9.17, 15) is 13.2 Å². The molecule has 0 saturated heterocycles. The SMILES string of the molecule is C=CC(=O)NCS(=O)(=O)C(C)OC(C)C. The first-order valence-corrected chi connectivity index (χ1v) is 6.28. The van der Waals surface area contributed by atoms with E-state index in [2.05, 4.69) is 11.9 Å². The molecular formula is C9H17NO4S. The van der Waals surface area contributed by atoms with Gasteiger partial charge in [-0.3, -0.25) is 4.79 Å². The fraction of sp³-hybridized carbons (Fsp3) is 0.667. The highest BCUT2D eigenvalue weighted by Crippen LogP contribution is 2.05. The molecule has 5 nitrogen and oxygen atoms in total. The van der Waals surface area contributed by atoms with Crippen molar-refractivity contribution in [1.82, 2.24) is 5.32 Å². The highest BCUT2D eigenvalue weighted by molar-refractivity contribution is 7.91. The molecule has 88 valence electrons. The van der Waals surface area contributed by atoms with Crippen LogP contribution in [0, 0.1) is 0 Å². The van der Waals surface area contributed by atoms with Crippen molar-refractivity contribution >= 4 is 15.7 Å². The zero-order valence-electron chi connectivity index (χ0n) is 9.19. The minimum atomic E-state index is -3.46. The van der Waals surface area contributed by atoms with Gasteiger partial charge in [0.15, 0.2) is 15.3 Å². The van der Waals surface area contributed by atoms with Gasteiger partial charge in [0.25, 0.3) is 0 Å². The number of ether oxygens (including phenoxy) is 1. The second-order valence-electron chi connectivity index (χ2n) is 3.30. The average Bonchev–Trinajstić information content (AvgIpc) is 2.13. The monoisotopic (exact) mass is 235 g/mol. The van der Waals surface area contributed by atoms with Crippen LogP contribution >= 0.6 is 0 Å². The number of hydrogen-bond acceptors (Lipinski definition) is 4. The molecule has 0 saturated carbocycles. The molecule has 0 rings (SSSR count). The summed E-state index contributed by atoms with van der Waals surface area (Å²) in [4.78, 5) is 10.8. The summed E-state index contributed by atoms with van der Waals surface area (Å²) in [6, 6.07) is 0. The molecule has 0 aromatic carbocycles. The first kappa shape index (κ1) is 14.1. The van der Waals surface area contributed by atoms with E-state index < -0.39 is 27.1 Å². The molecule has 0 aromatic rings. The molecule has 0 bridgehead atoms.